The van der Waals surface area contributed by atoms with E-state index < -0.39 is 25.6 Å². The van der Waals surface area contributed by atoms with E-state index in [1.165, 1.54) is 16.9 Å². The Morgan fingerprint density at radius 2 is 1.38 bits per heavy atom. The van der Waals surface area contributed by atoms with Gasteiger partial charge in [0.1, 0.15) is 4.21 Å². The van der Waals surface area contributed by atoms with Crippen molar-refractivity contribution in [2.45, 2.75) is 9.72 Å². The molecule has 0 saturated heterocycles. The van der Waals surface area contributed by atoms with Crippen molar-refractivity contribution in [1.29, 1.82) is 0 Å². The van der Waals surface area contributed by atoms with Crippen LogP contribution < -0.4 is 9.44 Å². The summed E-state index contributed by atoms with van der Waals surface area (Å²) in [6.45, 7) is 0. The van der Waals surface area contributed by atoms with Crippen molar-refractivity contribution in [3.8, 4) is 0 Å². The maximum Gasteiger partial charge on any atom is 0.516 e. The number of hydrogen-bond donors (Lipinski definition) is 2. The number of benzene rings is 1. The van der Waals surface area contributed by atoms with E-state index in [4.69, 9.17) is 11.6 Å². The average Bonchev–Trinajstić information content (AvgIpc) is 2.87. The van der Waals surface area contributed by atoms with E-state index in [1.54, 1.807) is 0 Å². The molecule has 1 aromatic carbocycles. The van der Waals surface area contributed by atoms with Crippen molar-refractivity contribution in [1.82, 2.24) is 0 Å². The van der Waals surface area contributed by atoms with Crippen molar-refractivity contribution >= 4 is 54.4 Å². The van der Waals surface area contributed by atoms with Crippen LogP contribution in [0, 0.1) is 0 Å². The molecule has 6 nitrogen and oxygen atoms in total. The lowest BCUT2D eigenvalue weighted by Gasteiger charge is -2.11. The van der Waals surface area contributed by atoms with Gasteiger partial charge in [-0.1, -0.05) is 11.6 Å². The monoisotopic (exact) mass is 420 g/mol. The summed E-state index contributed by atoms with van der Waals surface area (Å²) in [4.78, 5) is 0. The van der Waals surface area contributed by atoms with Gasteiger partial charge in [-0.3, -0.25) is 9.44 Å². The zero-order valence-corrected chi connectivity index (χ0v) is 14.5. The molecule has 132 valence electrons. The zero-order valence-electron chi connectivity index (χ0n) is 11.3. The number of sulfonamides is 2. The number of alkyl halides is 3. The second-order valence-corrected chi connectivity index (χ2v) is 9.59. The molecule has 2 N–H and O–H groups in total. The van der Waals surface area contributed by atoms with Crippen LogP contribution in [0.2, 0.25) is 4.34 Å². The highest BCUT2D eigenvalue weighted by molar-refractivity contribution is 7.94. The third kappa shape index (κ3) is 4.32. The molecule has 2 rings (SSSR count). The first-order valence-electron chi connectivity index (χ1n) is 5.88. The minimum Gasteiger partial charge on any atom is -0.279 e. The van der Waals surface area contributed by atoms with Gasteiger partial charge in [0.15, 0.2) is 0 Å². The summed E-state index contributed by atoms with van der Waals surface area (Å²) in [6, 6.07) is 6.89. The molecule has 0 saturated carbocycles. The van der Waals surface area contributed by atoms with Gasteiger partial charge < -0.3 is 0 Å². The highest BCUT2D eigenvalue weighted by atomic mass is 35.5. The molecule has 1 heterocycles. The Kier molecular flexibility index (Phi) is 5.04. The van der Waals surface area contributed by atoms with E-state index >= 15 is 0 Å². The van der Waals surface area contributed by atoms with E-state index in [2.05, 4.69) is 4.72 Å². The summed E-state index contributed by atoms with van der Waals surface area (Å²) in [6.07, 6.45) is 0. The fourth-order valence-electron chi connectivity index (χ4n) is 1.47. The molecular weight excluding hydrogens is 413 g/mol. The van der Waals surface area contributed by atoms with Gasteiger partial charge in [0.05, 0.1) is 4.34 Å². The van der Waals surface area contributed by atoms with Crippen LogP contribution in [0.3, 0.4) is 0 Å². The Hall–Kier alpha value is -1.50. The Morgan fingerprint density at radius 3 is 1.79 bits per heavy atom. The predicted molar refractivity (Wildman–Crippen MR) is 85.2 cm³/mol. The third-order valence-corrected chi connectivity index (χ3v) is 6.73. The molecule has 13 heteroatoms. The Bertz CT molecular complexity index is 938. The second-order valence-electron chi connectivity index (χ2n) is 4.29. The van der Waals surface area contributed by atoms with Crippen molar-refractivity contribution in [2.75, 3.05) is 9.44 Å². The zero-order chi connectivity index (χ0) is 18.2. The van der Waals surface area contributed by atoms with E-state index in [-0.39, 0.29) is 19.9 Å². The number of nitrogens with one attached hydrogen (secondary N) is 2. The van der Waals surface area contributed by atoms with Crippen molar-refractivity contribution in [3.05, 3.63) is 40.7 Å². The summed E-state index contributed by atoms with van der Waals surface area (Å²) >= 11 is 6.48. The lowest BCUT2D eigenvalue weighted by Crippen LogP contribution is -2.29. The van der Waals surface area contributed by atoms with Crippen LogP contribution in [-0.4, -0.2) is 22.3 Å². The summed E-state index contributed by atoms with van der Waals surface area (Å²) in [5.41, 5.74) is -5.78. The lowest BCUT2D eigenvalue weighted by atomic mass is 10.3. The molecular formula is C11H8ClF3N2O4S3. The summed E-state index contributed by atoms with van der Waals surface area (Å²) in [7, 11) is -9.44. The standard InChI is InChI=1S/C11H8ClF3N2O4S3/c12-9-5-6-10(22-9)23(18,19)16-7-1-3-8(4-2-7)17-24(20,21)11(13,14)15/h1-6,16-17H. The van der Waals surface area contributed by atoms with Crippen LogP contribution in [0.1, 0.15) is 0 Å². The highest BCUT2D eigenvalue weighted by Crippen LogP contribution is 2.28. The van der Waals surface area contributed by atoms with Gasteiger partial charge in [-0.15, -0.1) is 11.3 Å². The molecule has 2 aromatic rings. The molecule has 0 radical (unpaired) electrons. The number of halogens is 4. The minimum atomic E-state index is -5.54. The first-order valence-corrected chi connectivity index (χ1v) is 10.0. The summed E-state index contributed by atoms with van der Waals surface area (Å²) < 4.78 is 86.5. The maximum absolute atomic E-state index is 12.3. The lowest BCUT2D eigenvalue weighted by molar-refractivity contribution is -0.0429. The molecule has 0 unspecified atom stereocenters. The Morgan fingerprint density at radius 1 is 0.875 bits per heavy atom. The maximum atomic E-state index is 12.3. The first kappa shape index (κ1) is 18.8. The highest BCUT2D eigenvalue weighted by Gasteiger charge is 2.46. The smallest absolute Gasteiger partial charge is 0.279 e. The van der Waals surface area contributed by atoms with Crippen LogP contribution in [-0.2, 0) is 20.0 Å². The molecule has 0 bridgehead atoms. The predicted octanol–water partition coefficient (Wildman–Crippen LogP) is 3.46. The van der Waals surface area contributed by atoms with Crippen molar-refractivity contribution in [2.24, 2.45) is 0 Å². The first-order chi connectivity index (χ1) is 10.9. The molecule has 0 aliphatic heterocycles. The number of thiophene rings is 1. The largest absolute Gasteiger partial charge is 0.516 e. The van der Waals surface area contributed by atoms with Gasteiger partial charge in [0.2, 0.25) is 0 Å². The fourth-order valence-corrected chi connectivity index (χ4v) is 4.57. The molecule has 0 aliphatic rings. The van der Waals surface area contributed by atoms with Crippen LogP contribution in [0.5, 0.6) is 0 Å². The van der Waals surface area contributed by atoms with E-state index in [0.29, 0.717) is 0 Å². The van der Waals surface area contributed by atoms with Crippen molar-refractivity contribution in [3.63, 3.8) is 0 Å². The summed E-state index contributed by atoms with van der Waals surface area (Å²) in [5.74, 6) is 0. The van der Waals surface area contributed by atoms with Crippen LogP contribution in [0.4, 0.5) is 24.5 Å². The normalized spacial score (nSPS) is 12.8. The second kappa shape index (κ2) is 6.43. The molecule has 0 fully saturated rings. The number of hydrogen-bond acceptors (Lipinski definition) is 5. The van der Waals surface area contributed by atoms with E-state index in [9.17, 15) is 30.0 Å². The van der Waals surface area contributed by atoms with Crippen LogP contribution >= 0.6 is 22.9 Å². The SMILES string of the molecule is O=S(=O)(Nc1ccc(NS(=O)(=O)C(F)(F)F)cc1)c1ccc(Cl)s1. The Labute approximate surface area is 144 Å². The molecule has 0 amide bonds. The van der Waals surface area contributed by atoms with Crippen LogP contribution in [0.25, 0.3) is 0 Å². The van der Waals surface area contributed by atoms with Gasteiger partial charge >= 0.3 is 15.5 Å². The van der Waals surface area contributed by atoms with Gasteiger partial charge in [-0.25, -0.2) is 8.42 Å². The average molecular weight is 421 g/mol. The van der Waals surface area contributed by atoms with Gasteiger partial charge in [-0.2, -0.15) is 21.6 Å². The molecule has 0 atom stereocenters. The van der Waals surface area contributed by atoms with E-state index in [1.807, 2.05) is 0 Å². The number of rotatable bonds is 5. The molecule has 0 aliphatic carbocycles. The fraction of sp³-hybridized carbons (Fsp3) is 0.0909. The molecule has 0 spiro atoms. The molecule has 24 heavy (non-hydrogen) atoms. The van der Waals surface area contributed by atoms with Gasteiger partial charge in [0, 0.05) is 11.4 Å². The number of anilines is 2. The topological polar surface area (TPSA) is 92.3 Å². The third-order valence-electron chi connectivity index (χ3n) is 2.51. The molecule has 1 aromatic heterocycles. The van der Waals surface area contributed by atoms with Gasteiger partial charge in [0.25, 0.3) is 10.0 Å². The summed E-state index contributed by atoms with van der Waals surface area (Å²) in [5, 5.41) is 0. The minimum absolute atomic E-state index is 0.0366. The quantitative estimate of drug-likeness (QED) is 0.774. The van der Waals surface area contributed by atoms with E-state index in [0.717, 1.165) is 35.6 Å². The van der Waals surface area contributed by atoms with Crippen LogP contribution in [0.15, 0.2) is 40.6 Å². The van der Waals surface area contributed by atoms with Crippen molar-refractivity contribution < 1.29 is 30.0 Å². The van der Waals surface area contributed by atoms with Gasteiger partial charge in [-0.05, 0) is 36.4 Å². The Balaban J connectivity index is 2.16.